The summed E-state index contributed by atoms with van der Waals surface area (Å²) in [4.78, 5) is 11.0. The molecule has 0 radical (unpaired) electrons. The fourth-order valence-electron chi connectivity index (χ4n) is 1.17. The van der Waals surface area contributed by atoms with Crippen molar-refractivity contribution in [2.24, 2.45) is 0 Å². The van der Waals surface area contributed by atoms with Gasteiger partial charge in [0.25, 0.3) is 0 Å². The van der Waals surface area contributed by atoms with Gasteiger partial charge >= 0.3 is 5.97 Å². The second kappa shape index (κ2) is 6.89. The van der Waals surface area contributed by atoms with Gasteiger partial charge in [0.05, 0.1) is 18.2 Å². The molecule has 0 aliphatic carbocycles. The van der Waals surface area contributed by atoms with E-state index in [0.29, 0.717) is 18.2 Å². The van der Waals surface area contributed by atoms with Crippen LogP contribution < -0.4 is 5.32 Å². The highest BCUT2D eigenvalue weighted by molar-refractivity contribution is 9.10. The van der Waals surface area contributed by atoms with Crippen LogP contribution in [0.25, 0.3) is 0 Å². The lowest BCUT2D eigenvalue weighted by atomic mass is 10.2. The van der Waals surface area contributed by atoms with E-state index >= 15 is 0 Å². The number of hydrogen-bond acceptors (Lipinski definition) is 3. The highest BCUT2D eigenvalue weighted by atomic mass is 79.9. The molecule has 0 saturated carbocycles. The van der Waals surface area contributed by atoms with Gasteiger partial charge in [-0.3, -0.25) is 4.79 Å². The molecule has 0 aliphatic rings. The minimum atomic E-state index is -0.245. The molecule has 1 rings (SSSR count). The first-order valence-corrected chi connectivity index (χ1v) is 6.11. The van der Waals surface area contributed by atoms with Gasteiger partial charge in [-0.05, 0) is 40.5 Å². The number of halogens is 2. The molecule has 1 aromatic rings. The minimum absolute atomic E-state index is 0.210. The van der Waals surface area contributed by atoms with E-state index < -0.39 is 0 Å². The molecular weight excluding hydrogens is 293 g/mol. The predicted octanol–water partition coefficient (Wildman–Crippen LogP) is 2.76. The molecule has 5 heteroatoms. The Morgan fingerprint density at radius 2 is 2.31 bits per heavy atom. The van der Waals surface area contributed by atoms with Gasteiger partial charge in [0.2, 0.25) is 0 Å². The van der Waals surface area contributed by atoms with Crippen molar-refractivity contribution in [1.82, 2.24) is 5.32 Å². The Bertz CT molecular complexity index is 371. The van der Waals surface area contributed by atoms with Crippen LogP contribution in [-0.4, -0.2) is 19.1 Å². The lowest BCUT2D eigenvalue weighted by molar-refractivity contribution is -0.142. The fourth-order valence-corrected chi connectivity index (χ4v) is 1.62. The van der Waals surface area contributed by atoms with Crippen LogP contribution in [0.5, 0.6) is 0 Å². The molecule has 1 aromatic carbocycles. The van der Waals surface area contributed by atoms with Crippen molar-refractivity contribution >= 4 is 33.5 Å². The summed E-state index contributed by atoms with van der Waals surface area (Å²) in [5.41, 5.74) is 1.03. The van der Waals surface area contributed by atoms with Gasteiger partial charge in [0.1, 0.15) is 0 Å². The van der Waals surface area contributed by atoms with Crippen molar-refractivity contribution in [3.8, 4) is 0 Å². The molecule has 0 aromatic heterocycles. The Labute approximate surface area is 108 Å². The molecule has 0 fully saturated rings. The van der Waals surface area contributed by atoms with E-state index in [4.69, 9.17) is 16.3 Å². The summed E-state index contributed by atoms with van der Waals surface area (Å²) in [5.74, 6) is -0.245. The quantitative estimate of drug-likeness (QED) is 0.850. The third-order valence-electron chi connectivity index (χ3n) is 1.89. The molecule has 1 N–H and O–H groups in total. The second-order valence-corrected chi connectivity index (χ2v) is 4.42. The van der Waals surface area contributed by atoms with Crippen LogP contribution in [0.3, 0.4) is 0 Å². The number of rotatable bonds is 5. The highest BCUT2D eigenvalue weighted by Crippen LogP contribution is 2.22. The first kappa shape index (κ1) is 13.5. The van der Waals surface area contributed by atoms with Gasteiger partial charge in [0.15, 0.2) is 0 Å². The smallest absolute Gasteiger partial charge is 0.319 e. The molecule has 0 atom stereocenters. The van der Waals surface area contributed by atoms with Crippen LogP contribution in [0.1, 0.15) is 12.5 Å². The summed E-state index contributed by atoms with van der Waals surface area (Å²) in [7, 11) is 0. The van der Waals surface area contributed by atoms with Crippen molar-refractivity contribution in [2.75, 3.05) is 13.2 Å². The van der Waals surface area contributed by atoms with Crippen LogP contribution >= 0.6 is 27.5 Å². The van der Waals surface area contributed by atoms with E-state index in [-0.39, 0.29) is 12.5 Å². The average molecular weight is 307 g/mol. The molecule has 0 unspecified atom stereocenters. The van der Waals surface area contributed by atoms with Crippen molar-refractivity contribution in [3.05, 3.63) is 33.3 Å². The third-order valence-corrected chi connectivity index (χ3v) is 3.12. The van der Waals surface area contributed by atoms with E-state index in [1.807, 2.05) is 18.2 Å². The summed E-state index contributed by atoms with van der Waals surface area (Å²) in [6, 6.07) is 5.67. The molecule has 0 heterocycles. The summed E-state index contributed by atoms with van der Waals surface area (Å²) >= 11 is 9.25. The Kier molecular flexibility index (Phi) is 5.80. The maximum Gasteiger partial charge on any atom is 0.319 e. The predicted molar refractivity (Wildman–Crippen MR) is 67.5 cm³/mol. The lowest BCUT2D eigenvalue weighted by Gasteiger charge is -2.05. The summed E-state index contributed by atoms with van der Waals surface area (Å²) in [6.45, 7) is 2.99. The molecule has 16 heavy (non-hydrogen) atoms. The monoisotopic (exact) mass is 305 g/mol. The summed E-state index contributed by atoms with van der Waals surface area (Å²) < 4.78 is 5.65. The molecule has 0 saturated heterocycles. The third kappa shape index (κ3) is 4.51. The minimum Gasteiger partial charge on any atom is -0.465 e. The Morgan fingerprint density at radius 1 is 1.56 bits per heavy atom. The van der Waals surface area contributed by atoms with Crippen molar-refractivity contribution in [2.45, 2.75) is 13.5 Å². The van der Waals surface area contributed by atoms with Gasteiger partial charge in [-0.1, -0.05) is 17.7 Å². The van der Waals surface area contributed by atoms with Gasteiger partial charge in [-0.25, -0.2) is 0 Å². The van der Waals surface area contributed by atoms with Crippen molar-refractivity contribution in [1.29, 1.82) is 0 Å². The van der Waals surface area contributed by atoms with E-state index in [1.165, 1.54) is 0 Å². The molecule has 88 valence electrons. The maximum atomic E-state index is 11.0. The summed E-state index contributed by atoms with van der Waals surface area (Å²) in [5, 5.41) is 3.65. The van der Waals surface area contributed by atoms with Crippen LogP contribution in [0.2, 0.25) is 5.02 Å². The van der Waals surface area contributed by atoms with Crippen LogP contribution in [0.4, 0.5) is 0 Å². The number of nitrogens with one attached hydrogen (secondary N) is 1. The van der Waals surface area contributed by atoms with E-state index in [1.54, 1.807) is 6.92 Å². The van der Waals surface area contributed by atoms with Gasteiger partial charge in [0, 0.05) is 11.0 Å². The van der Waals surface area contributed by atoms with Crippen molar-refractivity contribution in [3.63, 3.8) is 0 Å². The number of hydrogen-bond donors (Lipinski definition) is 1. The second-order valence-electron chi connectivity index (χ2n) is 3.16. The van der Waals surface area contributed by atoms with Crippen LogP contribution in [0.15, 0.2) is 22.7 Å². The zero-order chi connectivity index (χ0) is 12.0. The fraction of sp³-hybridized carbons (Fsp3) is 0.364. The first-order valence-electron chi connectivity index (χ1n) is 4.93. The maximum absolute atomic E-state index is 11.0. The zero-order valence-corrected chi connectivity index (χ0v) is 11.3. The molecule has 0 spiro atoms. The number of ether oxygens (including phenoxy) is 1. The molecule has 3 nitrogen and oxygen atoms in total. The number of carbonyl (C=O) groups excluding carboxylic acids is 1. The van der Waals surface area contributed by atoms with Crippen LogP contribution in [0, 0.1) is 0 Å². The molecule has 0 aliphatic heterocycles. The molecule has 0 bridgehead atoms. The topological polar surface area (TPSA) is 38.3 Å². The molecular formula is C11H13BrClNO2. The number of esters is 1. The van der Waals surface area contributed by atoms with E-state index in [2.05, 4.69) is 21.2 Å². The van der Waals surface area contributed by atoms with Crippen LogP contribution in [-0.2, 0) is 16.1 Å². The van der Waals surface area contributed by atoms with Gasteiger partial charge in [-0.2, -0.15) is 0 Å². The van der Waals surface area contributed by atoms with E-state index in [9.17, 15) is 4.79 Å². The van der Waals surface area contributed by atoms with Gasteiger partial charge < -0.3 is 10.1 Å². The zero-order valence-electron chi connectivity index (χ0n) is 8.93. The van der Waals surface area contributed by atoms with Crippen molar-refractivity contribution < 1.29 is 9.53 Å². The Balaban J connectivity index is 2.37. The standard InChI is InChI=1S/C11H13BrClNO2/c1-2-16-11(15)7-14-6-8-3-4-9(12)10(13)5-8/h3-5,14H,2,6-7H2,1H3. The Morgan fingerprint density at radius 3 is 2.94 bits per heavy atom. The number of carbonyl (C=O) groups is 1. The highest BCUT2D eigenvalue weighted by Gasteiger charge is 2.02. The normalized spacial score (nSPS) is 10.2. The van der Waals surface area contributed by atoms with E-state index in [0.717, 1.165) is 10.0 Å². The lowest BCUT2D eigenvalue weighted by Crippen LogP contribution is -2.24. The number of benzene rings is 1. The van der Waals surface area contributed by atoms with Gasteiger partial charge in [-0.15, -0.1) is 0 Å². The average Bonchev–Trinajstić information content (AvgIpc) is 2.24. The summed E-state index contributed by atoms with van der Waals surface area (Å²) in [6.07, 6.45) is 0. The Hall–Kier alpha value is -0.580. The SMILES string of the molecule is CCOC(=O)CNCc1ccc(Br)c(Cl)c1. The molecule has 0 amide bonds. The first-order chi connectivity index (χ1) is 7.63. The largest absolute Gasteiger partial charge is 0.465 e.